The molecule has 1 aliphatic rings. The number of benzene rings is 3. The van der Waals surface area contributed by atoms with Crippen LogP contribution in [0, 0.1) is 0 Å². The first-order chi connectivity index (χ1) is 15.1. The third kappa shape index (κ3) is 3.60. The molecule has 3 N–H and O–H groups in total. The SMILES string of the molecule is O=C1Nc2ccc3ncsc3c2C1=CNc1ccc(Oc2ccc(C(=O)O)cc2)cc1. The molecule has 0 atom stereocenters. The number of thiazole rings is 1. The monoisotopic (exact) mass is 429 g/mol. The zero-order chi connectivity index (χ0) is 21.4. The van der Waals surface area contributed by atoms with Crippen molar-refractivity contribution in [1.82, 2.24) is 4.98 Å². The van der Waals surface area contributed by atoms with Crippen LogP contribution in [0.4, 0.5) is 11.4 Å². The second kappa shape index (κ2) is 7.58. The van der Waals surface area contributed by atoms with Gasteiger partial charge in [-0.2, -0.15) is 0 Å². The summed E-state index contributed by atoms with van der Waals surface area (Å²) in [5, 5.41) is 15.0. The van der Waals surface area contributed by atoms with Crippen molar-refractivity contribution in [2.75, 3.05) is 10.6 Å². The number of hydrogen-bond acceptors (Lipinski definition) is 6. The molecule has 5 rings (SSSR count). The Labute approximate surface area is 180 Å². The molecule has 1 amide bonds. The molecule has 2 heterocycles. The summed E-state index contributed by atoms with van der Waals surface area (Å²) in [5.41, 5.74) is 5.83. The van der Waals surface area contributed by atoms with Crippen LogP contribution >= 0.6 is 11.3 Å². The predicted octanol–water partition coefficient (Wildman–Crippen LogP) is 5.19. The van der Waals surface area contributed by atoms with E-state index in [1.165, 1.54) is 23.5 Å². The lowest BCUT2D eigenvalue weighted by molar-refractivity contribution is -0.110. The van der Waals surface area contributed by atoms with Crippen LogP contribution in [0.15, 0.2) is 72.4 Å². The van der Waals surface area contributed by atoms with Crippen molar-refractivity contribution in [2.45, 2.75) is 0 Å². The molecule has 8 heteroatoms. The van der Waals surface area contributed by atoms with Crippen LogP contribution in [0.2, 0.25) is 0 Å². The fourth-order valence-corrected chi connectivity index (χ4v) is 4.17. The fraction of sp³-hybridized carbons (Fsp3) is 0. The van der Waals surface area contributed by atoms with E-state index in [-0.39, 0.29) is 11.5 Å². The van der Waals surface area contributed by atoms with Crippen LogP contribution in [-0.2, 0) is 4.79 Å². The van der Waals surface area contributed by atoms with E-state index in [9.17, 15) is 9.59 Å². The first kappa shape index (κ1) is 18.8. The summed E-state index contributed by atoms with van der Waals surface area (Å²) in [7, 11) is 0. The molecular weight excluding hydrogens is 414 g/mol. The van der Waals surface area contributed by atoms with Crippen LogP contribution in [0.25, 0.3) is 15.8 Å². The molecule has 0 saturated carbocycles. The van der Waals surface area contributed by atoms with Gasteiger partial charge >= 0.3 is 5.97 Å². The van der Waals surface area contributed by atoms with Gasteiger partial charge in [-0.1, -0.05) is 0 Å². The summed E-state index contributed by atoms with van der Waals surface area (Å²) in [6, 6.07) is 17.2. The average molecular weight is 429 g/mol. The van der Waals surface area contributed by atoms with Crippen molar-refractivity contribution >= 4 is 50.4 Å². The number of amides is 1. The van der Waals surface area contributed by atoms with E-state index in [0.29, 0.717) is 17.1 Å². The zero-order valence-corrected chi connectivity index (χ0v) is 16.8. The van der Waals surface area contributed by atoms with E-state index in [0.717, 1.165) is 27.2 Å². The van der Waals surface area contributed by atoms with E-state index < -0.39 is 5.97 Å². The van der Waals surface area contributed by atoms with Crippen LogP contribution in [0.1, 0.15) is 15.9 Å². The molecule has 152 valence electrons. The normalized spacial score (nSPS) is 13.8. The standard InChI is InChI=1S/C23H15N3O4S/c27-22-17(20-18(26-22)9-10-19-21(20)31-12-25-19)11-24-14-3-7-16(8-4-14)30-15-5-1-13(2-6-15)23(28)29/h1-12,24H,(H,26,27)(H,28,29). The second-order valence-electron chi connectivity index (χ2n) is 6.80. The van der Waals surface area contributed by atoms with E-state index >= 15 is 0 Å². The van der Waals surface area contributed by atoms with Crippen molar-refractivity contribution in [2.24, 2.45) is 0 Å². The van der Waals surface area contributed by atoms with Gasteiger partial charge in [0.1, 0.15) is 11.5 Å². The minimum atomic E-state index is -0.981. The van der Waals surface area contributed by atoms with E-state index in [1.54, 1.807) is 36.0 Å². The summed E-state index contributed by atoms with van der Waals surface area (Å²) in [6.07, 6.45) is 1.70. The van der Waals surface area contributed by atoms with Crippen LogP contribution in [0.3, 0.4) is 0 Å². The van der Waals surface area contributed by atoms with Crippen LogP contribution in [0.5, 0.6) is 11.5 Å². The summed E-state index contributed by atoms with van der Waals surface area (Å²) in [4.78, 5) is 27.7. The molecule has 4 aromatic rings. The number of hydrogen-bond donors (Lipinski definition) is 3. The highest BCUT2D eigenvalue weighted by Gasteiger charge is 2.27. The highest BCUT2D eigenvalue weighted by molar-refractivity contribution is 7.17. The molecule has 0 radical (unpaired) electrons. The summed E-state index contributed by atoms with van der Waals surface area (Å²) in [5.74, 6) is 0.0103. The lowest BCUT2D eigenvalue weighted by Gasteiger charge is -2.08. The number of ether oxygens (including phenoxy) is 1. The molecule has 0 spiro atoms. The number of carboxylic acid groups (broad SMARTS) is 1. The summed E-state index contributed by atoms with van der Waals surface area (Å²) >= 11 is 1.50. The maximum absolute atomic E-state index is 12.4. The second-order valence-corrected chi connectivity index (χ2v) is 7.66. The van der Waals surface area contributed by atoms with Gasteiger partial charge in [0, 0.05) is 17.5 Å². The van der Waals surface area contributed by atoms with E-state index in [2.05, 4.69) is 15.6 Å². The number of nitrogens with zero attached hydrogens (tertiary/aromatic N) is 1. The van der Waals surface area contributed by atoms with Crippen molar-refractivity contribution in [3.05, 3.63) is 83.5 Å². The number of aromatic carboxylic acids is 1. The van der Waals surface area contributed by atoms with E-state index in [4.69, 9.17) is 9.84 Å². The maximum atomic E-state index is 12.4. The maximum Gasteiger partial charge on any atom is 0.335 e. The average Bonchev–Trinajstić information content (AvgIpc) is 3.37. The molecule has 3 aromatic carbocycles. The number of fused-ring (bicyclic) bond motifs is 3. The lowest BCUT2D eigenvalue weighted by Crippen LogP contribution is -2.05. The number of carbonyl (C=O) groups is 2. The number of nitrogens with one attached hydrogen (secondary N) is 2. The van der Waals surface area contributed by atoms with Gasteiger partial charge in [-0.05, 0) is 60.7 Å². The number of anilines is 2. The molecular formula is C23H15N3O4S. The molecule has 1 aliphatic heterocycles. The minimum Gasteiger partial charge on any atom is -0.478 e. The first-order valence-electron chi connectivity index (χ1n) is 9.34. The van der Waals surface area contributed by atoms with Crippen molar-refractivity contribution < 1.29 is 19.4 Å². The van der Waals surface area contributed by atoms with E-state index in [1.807, 2.05) is 24.3 Å². The molecule has 0 unspecified atom stereocenters. The first-order valence-corrected chi connectivity index (χ1v) is 10.2. The zero-order valence-electron chi connectivity index (χ0n) is 16.0. The molecule has 1 aromatic heterocycles. The fourth-order valence-electron chi connectivity index (χ4n) is 3.32. The number of rotatable bonds is 5. The largest absolute Gasteiger partial charge is 0.478 e. The molecule has 0 aliphatic carbocycles. The summed E-state index contributed by atoms with van der Waals surface area (Å²) in [6.45, 7) is 0. The van der Waals surface area contributed by atoms with Gasteiger partial charge in [-0.25, -0.2) is 9.78 Å². The van der Waals surface area contributed by atoms with Crippen molar-refractivity contribution in [1.29, 1.82) is 0 Å². The number of carbonyl (C=O) groups excluding carboxylic acids is 1. The van der Waals surface area contributed by atoms with Crippen LogP contribution in [-0.4, -0.2) is 22.0 Å². The Balaban J connectivity index is 1.33. The van der Waals surface area contributed by atoms with Crippen molar-refractivity contribution in [3.63, 3.8) is 0 Å². The Bertz CT molecular complexity index is 1340. The molecule has 31 heavy (non-hydrogen) atoms. The highest BCUT2D eigenvalue weighted by atomic mass is 32.1. The van der Waals surface area contributed by atoms with Gasteiger partial charge in [0.2, 0.25) is 0 Å². The smallest absolute Gasteiger partial charge is 0.335 e. The molecule has 0 fully saturated rings. The van der Waals surface area contributed by atoms with Gasteiger partial charge < -0.3 is 20.5 Å². The van der Waals surface area contributed by atoms with Gasteiger partial charge in [0.15, 0.2) is 0 Å². The Kier molecular flexibility index (Phi) is 4.61. The molecule has 7 nitrogen and oxygen atoms in total. The predicted molar refractivity (Wildman–Crippen MR) is 120 cm³/mol. The van der Waals surface area contributed by atoms with Crippen LogP contribution < -0.4 is 15.4 Å². The number of aromatic nitrogens is 1. The van der Waals surface area contributed by atoms with Gasteiger partial charge in [-0.15, -0.1) is 11.3 Å². The highest BCUT2D eigenvalue weighted by Crippen LogP contribution is 2.39. The number of carboxylic acids is 1. The third-order valence-corrected chi connectivity index (χ3v) is 5.70. The topological polar surface area (TPSA) is 101 Å². The summed E-state index contributed by atoms with van der Waals surface area (Å²) < 4.78 is 6.72. The molecule has 0 saturated heterocycles. The van der Waals surface area contributed by atoms with Gasteiger partial charge in [-0.3, -0.25) is 4.79 Å². The quantitative estimate of drug-likeness (QED) is 0.378. The Morgan fingerprint density at radius 2 is 1.74 bits per heavy atom. The van der Waals surface area contributed by atoms with Gasteiger partial charge in [0.25, 0.3) is 5.91 Å². The van der Waals surface area contributed by atoms with Crippen molar-refractivity contribution in [3.8, 4) is 11.5 Å². The Morgan fingerprint density at radius 1 is 1.03 bits per heavy atom. The molecule has 0 bridgehead atoms. The third-order valence-electron chi connectivity index (χ3n) is 4.84. The lowest BCUT2D eigenvalue weighted by atomic mass is 10.1. The Hall–Kier alpha value is -4.17. The Morgan fingerprint density at radius 3 is 2.45 bits per heavy atom. The van der Waals surface area contributed by atoms with Gasteiger partial charge in [0.05, 0.1) is 32.6 Å². The minimum absolute atomic E-state index is 0.159.